The Labute approximate surface area is 176 Å². The molecule has 0 bridgehead atoms. The number of carbonyl (C=O) groups is 2. The van der Waals surface area contributed by atoms with Crippen molar-refractivity contribution >= 4 is 50.7 Å². The minimum Gasteiger partial charge on any atom is -0.456 e. The minimum atomic E-state index is -0.576. The first-order valence-electron chi connectivity index (χ1n) is 8.93. The van der Waals surface area contributed by atoms with E-state index in [0.717, 1.165) is 16.0 Å². The molecule has 0 radical (unpaired) electrons. The molecule has 0 saturated carbocycles. The molecule has 1 amide bonds. The number of ether oxygens (including phenoxy) is 1. The molecule has 9 heteroatoms. The fourth-order valence-electron chi connectivity index (χ4n) is 2.79. The van der Waals surface area contributed by atoms with Crippen LogP contribution in [0.5, 0.6) is 0 Å². The van der Waals surface area contributed by atoms with Crippen molar-refractivity contribution in [3.8, 4) is 0 Å². The lowest BCUT2D eigenvalue weighted by molar-refractivity contribution is -0.147. The summed E-state index contributed by atoms with van der Waals surface area (Å²) in [7, 11) is 0. The van der Waals surface area contributed by atoms with Gasteiger partial charge in [0, 0.05) is 22.1 Å². The highest BCUT2D eigenvalue weighted by Crippen LogP contribution is 2.25. The van der Waals surface area contributed by atoms with Gasteiger partial charge in [0.15, 0.2) is 6.61 Å². The lowest BCUT2D eigenvalue weighted by Crippen LogP contribution is -2.24. The van der Waals surface area contributed by atoms with Crippen molar-refractivity contribution in [1.82, 2.24) is 9.55 Å². The highest BCUT2D eigenvalue weighted by molar-refractivity contribution is 7.18. The Morgan fingerprint density at radius 2 is 2.00 bits per heavy atom. The Morgan fingerprint density at radius 1 is 1.24 bits per heavy atom. The molecular formula is C20H20ClN3O4S. The molecule has 0 aliphatic carbocycles. The number of thiophene rings is 1. The van der Waals surface area contributed by atoms with Crippen LogP contribution in [0.2, 0.25) is 5.02 Å². The van der Waals surface area contributed by atoms with Gasteiger partial charge in [-0.25, -0.2) is 4.98 Å². The average molecular weight is 434 g/mol. The van der Waals surface area contributed by atoms with Gasteiger partial charge in [-0.3, -0.25) is 19.0 Å². The molecule has 0 aliphatic heterocycles. The maximum atomic E-state index is 12.6. The predicted octanol–water partition coefficient (Wildman–Crippen LogP) is 3.61. The molecule has 3 aromatic rings. The van der Waals surface area contributed by atoms with Crippen LogP contribution in [0.3, 0.4) is 0 Å². The number of rotatable bonds is 6. The van der Waals surface area contributed by atoms with E-state index in [2.05, 4.69) is 10.3 Å². The van der Waals surface area contributed by atoms with Gasteiger partial charge < -0.3 is 10.1 Å². The Bertz CT molecular complexity index is 1150. The van der Waals surface area contributed by atoms with Gasteiger partial charge in [0.05, 0.1) is 18.1 Å². The number of fused-ring (bicyclic) bond motifs is 1. The lowest BCUT2D eigenvalue weighted by Gasteiger charge is -2.10. The summed E-state index contributed by atoms with van der Waals surface area (Å²) in [5.74, 6) is -1.04. The van der Waals surface area contributed by atoms with Crippen molar-refractivity contribution < 1.29 is 14.3 Å². The summed E-state index contributed by atoms with van der Waals surface area (Å²) in [5, 5.41) is 3.77. The molecule has 0 unspecified atom stereocenters. The summed E-state index contributed by atoms with van der Waals surface area (Å²) < 4.78 is 6.39. The molecule has 1 aromatic carbocycles. The number of anilines is 1. The summed E-state index contributed by atoms with van der Waals surface area (Å²) in [5.41, 5.74) is 2.02. The summed E-state index contributed by atoms with van der Waals surface area (Å²) >= 11 is 7.49. The fourth-order valence-corrected chi connectivity index (χ4v) is 3.95. The third-order valence-corrected chi connectivity index (χ3v) is 6.14. The summed E-state index contributed by atoms with van der Waals surface area (Å²) in [4.78, 5) is 42.6. The van der Waals surface area contributed by atoms with E-state index < -0.39 is 18.5 Å². The molecule has 0 spiro atoms. The Hall–Kier alpha value is -2.71. The standard InChI is InChI=1S/C20H20ClN3O4S/c1-11-13(3)29-19-18(11)20(27)24(10-22-19)8-7-17(26)28-9-16(25)23-15-6-4-5-14(21)12(15)2/h4-6,10H,7-9H2,1-3H3,(H,23,25). The number of nitrogens with zero attached hydrogens (tertiary/aromatic N) is 2. The Morgan fingerprint density at radius 3 is 2.76 bits per heavy atom. The minimum absolute atomic E-state index is 0.0429. The van der Waals surface area contributed by atoms with Gasteiger partial charge in [0.2, 0.25) is 0 Å². The summed E-state index contributed by atoms with van der Waals surface area (Å²) in [6.07, 6.45) is 1.39. The smallest absolute Gasteiger partial charge is 0.308 e. The van der Waals surface area contributed by atoms with Crippen LogP contribution >= 0.6 is 22.9 Å². The quantitative estimate of drug-likeness (QED) is 0.600. The first-order valence-corrected chi connectivity index (χ1v) is 10.1. The first kappa shape index (κ1) is 21.0. The van der Waals surface area contributed by atoms with E-state index in [-0.39, 0.29) is 18.5 Å². The second-order valence-corrected chi connectivity index (χ2v) is 8.19. The molecule has 0 fully saturated rings. The number of halogens is 1. The van der Waals surface area contributed by atoms with Gasteiger partial charge >= 0.3 is 5.97 Å². The van der Waals surface area contributed by atoms with Crippen molar-refractivity contribution in [2.45, 2.75) is 33.7 Å². The van der Waals surface area contributed by atoms with E-state index in [0.29, 0.717) is 20.9 Å². The normalized spacial score (nSPS) is 10.9. The van der Waals surface area contributed by atoms with Crippen LogP contribution in [0.25, 0.3) is 10.2 Å². The van der Waals surface area contributed by atoms with Gasteiger partial charge in [-0.05, 0) is 44.0 Å². The molecule has 0 saturated heterocycles. The number of nitrogens with one attached hydrogen (secondary N) is 1. The Kier molecular flexibility index (Phi) is 6.34. The molecule has 0 aliphatic rings. The van der Waals surface area contributed by atoms with E-state index >= 15 is 0 Å². The third-order valence-electron chi connectivity index (χ3n) is 4.62. The predicted molar refractivity (Wildman–Crippen MR) is 114 cm³/mol. The van der Waals surface area contributed by atoms with Gasteiger partial charge in [0.1, 0.15) is 4.83 Å². The van der Waals surface area contributed by atoms with E-state index in [9.17, 15) is 14.4 Å². The van der Waals surface area contributed by atoms with E-state index in [1.54, 1.807) is 25.1 Å². The molecular weight excluding hydrogens is 414 g/mol. The first-order chi connectivity index (χ1) is 13.8. The van der Waals surface area contributed by atoms with Crippen molar-refractivity contribution in [3.05, 3.63) is 55.9 Å². The maximum absolute atomic E-state index is 12.6. The number of benzene rings is 1. The van der Waals surface area contributed by atoms with Crippen LogP contribution in [-0.2, 0) is 20.9 Å². The molecule has 7 nitrogen and oxygen atoms in total. The number of amides is 1. The number of hydrogen-bond acceptors (Lipinski definition) is 6. The van der Waals surface area contributed by atoms with Gasteiger partial charge in [-0.1, -0.05) is 17.7 Å². The van der Waals surface area contributed by atoms with Crippen molar-refractivity contribution in [3.63, 3.8) is 0 Å². The molecule has 3 rings (SSSR count). The van der Waals surface area contributed by atoms with Crippen LogP contribution in [-0.4, -0.2) is 28.0 Å². The molecule has 152 valence electrons. The fraction of sp³-hybridized carbons (Fsp3) is 0.300. The molecule has 2 aromatic heterocycles. The highest BCUT2D eigenvalue weighted by atomic mass is 35.5. The topological polar surface area (TPSA) is 90.3 Å². The maximum Gasteiger partial charge on any atom is 0.308 e. The van der Waals surface area contributed by atoms with Gasteiger partial charge in [-0.15, -0.1) is 11.3 Å². The zero-order chi connectivity index (χ0) is 21.1. The largest absolute Gasteiger partial charge is 0.456 e. The van der Waals surface area contributed by atoms with Crippen LogP contribution < -0.4 is 10.9 Å². The van der Waals surface area contributed by atoms with Crippen LogP contribution in [0.15, 0.2) is 29.3 Å². The summed E-state index contributed by atoms with van der Waals surface area (Å²) in [6.45, 7) is 5.32. The lowest BCUT2D eigenvalue weighted by atomic mass is 10.2. The number of aromatic nitrogens is 2. The number of aryl methyl sites for hydroxylation is 3. The number of carbonyl (C=O) groups excluding carboxylic acids is 2. The van der Waals surface area contributed by atoms with Crippen molar-refractivity contribution in [1.29, 1.82) is 0 Å². The molecule has 0 atom stereocenters. The van der Waals surface area contributed by atoms with Crippen LogP contribution in [0.1, 0.15) is 22.4 Å². The van der Waals surface area contributed by atoms with E-state index in [1.165, 1.54) is 22.2 Å². The van der Waals surface area contributed by atoms with Crippen LogP contribution in [0, 0.1) is 20.8 Å². The average Bonchev–Trinajstić information content (AvgIpc) is 2.98. The molecule has 2 heterocycles. The summed E-state index contributed by atoms with van der Waals surface area (Å²) in [6, 6.07) is 5.15. The highest BCUT2D eigenvalue weighted by Gasteiger charge is 2.14. The zero-order valence-electron chi connectivity index (χ0n) is 16.2. The number of esters is 1. The second-order valence-electron chi connectivity index (χ2n) is 6.58. The SMILES string of the molecule is Cc1sc2ncn(CCC(=O)OCC(=O)Nc3cccc(Cl)c3C)c(=O)c2c1C. The van der Waals surface area contributed by atoms with Gasteiger partial charge in [0.25, 0.3) is 11.5 Å². The van der Waals surface area contributed by atoms with Crippen molar-refractivity contribution in [2.24, 2.45) is 0 Å². The van der Waals surface area contributed by atoms with E-state index in [1.807, 2.05) is 13.8 Å². The third kappa shape index (κ3) is 4.65. The van der Waals surface area contributed by atoms with E-state index in [4.69, 9.17) is 16.3 Å². The number of hydrogen-bond donors (Lipinski definition) is 1. The molecule has 29 heavy (non-hydrogen) atoms. The van der Waals surface area contributed by atoms with Crippen LogP contribution in [0.4, 0.5) is 5.69 Å². The zero-order valence-corrected chi connectivity index (χ0v) is 17.8. The van der Waals surface area contributed by atoms with Gasteiger partial charge in [-0.2, -0.15) is 0 Å². The van der Waals surface area contributed by atoms with Crippen molar-refractivity contribution in [2.75, 3.05) is 11.9 Å². The second kappa shape index (κ2) is 8.75. The monoisotopic (exact) mass is 433 g/mol. The Balaban J connectivity index is 1.55. The molecule has 1 N–H and O–H groups in total.